The summed E-state index contributed by atoms with van der Waals surface area (Å²) < 4.78 is 5.47. The Labute approximate surface area is 107 Å². The van der Waals surface area contributed by atoms with Crippen LogP contribution in [-0.4, -0.2) is 53.8 Å². The van der Waals surface area contributed by atoms with Gasteiger partial charge in [0.2, 0.25) is 0 Å². The summed E-state index contributed by atoms with van der Waals surface area (Å²) in [4.78, 5) is 14.0. The van der Waals surface area contributed by atoms with Crippen LogP contribution in [0.4, 0.5) is 4.79 Å². The van der Waals surface area contributed by atoms with Crippen molar-refractivity contribution < 1.29 is 9.53 Å². The number of nitrogens with zero attached hydrogens (tertiary/aromatic N) is 1. The lowest BCUT2D eigenvalue weighted by molar-refractivity contribution is 0.0231. The standard InChI is InChI=1S/C12H22N2O2S/c1-12(2,3)16-11(15)14-5-9(13-4)8-6-17-7-10(8)14/h8-10,13H,5-7H2,1-4H3. The molecular formula is C12H22N2O2S. The number of likely N-dealkylation sites (tertiary alicyclic amines) is 1. The second-order valence-corrected chi connectivity index (χ2v) is 6.87. The molecule has 2 aliphatic rings. The SMILES string of the molecule is CNC1CN(C(=O)OC(C)(C)C)C2CSCC12. The lowest BCUT2D eigenvalue weighted by Crippen LogP contribution is -2.41. The lowest BCUT2D eigenvalue weighted by atomic mass is 10.0. The molecule has 2 fully saturated rings. The van der Waals surface area contributed by atoms with Gasteiger partial charge in [0.25, 0.3) is 0 Å². The van der Waals surface area contributed by atoms with Crippen molar-refractivity contribution in [3.63, 3.8) is 0 Å². The number of carbonyl (C=O) groups is 1. The predicted molar refractivity (Wildman–Crippen MR) is 70.4 cm³/mol. The topological polar surface area (TPSA) is 41.6 Å². The summed E-state index contributed by atoms with van der Waals surface area (Å²) >= 11 is 1.93. The fourth-order valence-corrected chi connectivity index (χ4v) is 4.11. The van der Waals surface area contributed by atoms with Crippen LogP contribution in [0.1, 0.15) is 20.8 Å². The van der Waals surface area contributed by atoms with Gasteiger partial charge in [0.15, 0.2) is 0 Å². The van der Waals surface area contributed by atoms with Crippen molar-refractivity contribution in [2.24, 2.45) is 5.92 Å². The summed E-state index contributed by atoms with van der Waals surface area (Å²) in [6.45, 7) is 6.52. The highest BCUT2D eigenvalue weighted by Gasteiger charge is 2.47. The normalized spacial score (nSPS) is 32.7. The number of carbonyl (C=O) groups excluding carboxylic acids is 1. The molecule has 3 atom stereocenters. The number of hydrogen-bond donors (Lipinski definition) is 1. The Morgan fingerprint density at radius 2 is 2.12 bits per heavy atom. The highest BCUT2D eigenvalue weighted by Crippen LogP contribution is 2.36. The highest BCUT2D eigenvalue weighted by atomic mass is 32.2. The Balaban J connectivity index is 2.04. The minimum Gasteiger partial charge on any atom is -0.444 e. The van der Waals surface area contributed by atoms with E-state index in [-0.39, 0.29) is 6.09 Å². The number of amides is 1. The van der Waals surface area contributed by atoms with Crippen LogP contribution in [0.25, 0.3) is 0 Å². The molecule has 1 N–H and O–H groups in total. The predicted octanol–water partition coefficient (Wildman–Crippen LogP) is 1.56. The van der Waals surface area contributed by atoms with Crippen LogP contribution in [-0.2, 0) is 4.74 Å². The molecule has 0 aliphatic carbocycles. The maximum atomic E-state index is 12.1. The summed E-state index contributed by atoms with van der Waals surface area (Å²) in [5.74, 6) is 2.77. The molecule has 0 spiro atoms. The maximum Gasteiger partial charge on any atom is 0.410 e. The number of likely N-dealkylation sites (N-methyl/N-ethyl adjacent to an activating group) is 1. The summed E-state index contributed by atoms with van der Waals surface area (Å²) in [5.41, 5.74) is -0.407. The van der Waals surface area contributed by atoms with Gasteiger partial charge in [-0.1, -0.05) is 0 Å². The van der Waals surface area contributed by atoms with Crippen molar-refractivity contribution >= 4 is 17.9 Å². The van der Waals surface area contributed by atoms with Crippen molar-refractivity contribution in [1.82, 2.24) is 10.2 Å². The van der Waals surface area contributed by atoms with E-state index in [0.717, 1.165) is 18.1 Å². The van der Waals surface area contributed by atoms with E-state index in [0.29, 0.717) is 18.0 Å². The van der Waals surface area contributed by atoms with Crippen molar-refractivity contribution in [2.45, 2.75) is 38.5 Å². The quantitative estimate of drug-likeness (QED) is 0.775. The van der Waals surface area contributed by atoms with E-state index in [1.54, 1.807) is 0 Å². The molecule has 1 amide bonds. The van der Waals surface area contributed by atoms with Gasteiger partial charge in [0.1, 0.15) is 5.60 Å². The molecule has 2 aliphatic heterocycles. The minimum absolute atomic E-state index is 0.159. The lowest BCUT2D eigenvalue weighted by Gasteiger charge is -2.27. The fraction of sp³-hybridized carbons (Fsp3) is 0.917. The Morgan fingerprint density at radius 3 is 2.71 bits per heavy atom. The molecule has 4 nitrogen and oxygen atoms in total. The monoisotopic (exact) mass is 258 g/mol. The molecular weight excluding hydrogens is 236 g/mol. The third-order valence-corrected chi connectivity index (χ3v) is 4.60. The van der Waals surface area contributed by atoms with Gasteiger partial charge in [0.05, 0.1) is 0 Å². The van der Waals surface area contributed by atoms with Crippen LogP contribution in [0.5, 0.6) is 0 Å². The summed E-state index contributed by atoms with van der Waals surface area (Å²) in [7, 11) is 1.98. The molecule has 2 heterocycles. The first-order valence-corrected chi connectivity index (χ1v) is 7.32. The van der Waals surface area contributed by atoms with E-state index in [1.165, 1.54) is 0 Å². The highest BCUT2D eigenvalue weighted by molar-refractivity contribution is 7.99. The maximum absolute atomic E-state index is 12.1. The average molecular weight is 258 g/mol. The molecule has 0 aromatic heterocycles. The van der Waals surface area contributed by atoms with E-state index in [4.69, 9.17) is 4.74 Å². The van der Waals surface area contributed by atoms with Gasteiger partial charge in [0, 0.05) is 30.3 Å². The van der Waals surface area contributed by atoms with Crippen LogP contribution in [0.2, 0.25) is 0 Å². The van der Waals surface area contributed by atoms with E-state index >= 15 is 0 Å². The van der Waals surface area contributed by atoms with Gasteiger partial charge >= 0.3 is 6.09 Å². The zero-order chi connectivity index (χ0) is 12.6. The average Bonchev–Trinajstić information content (AvgIpc) is 2.73. The molecule has 0 aromatic carbocycles. The van der Waals surface area contributed by atoms with Gasteiger partial charge < -0.3 is 15.0 Å². The van der Waals surface area contributed by atoms with Gasteiger partial charge in [-0.3, -0.25) is 0 Å². The minimum atomic E-state index is -0.407. The third kappa shape index (κ3) is 2.71. The fourth-order valence-electron chi connectivity index (χ4n) is 2.58. The zero-order valence-electron chi connectivity index (χ0n) is 11.0. The Bertz CT molecular complexity index is 303. The largest absolute Gasteiger partial charge is 0.444 e. The molecule has 17 heavy (non-hydrogen) atoms. The van der Waals surface area contributed by atoms with Crippen molar-refractivity contribution in [3.8, 4) is 0 Å². The van der Waals surface area contributed by atoms with Crippen LogP contribution in [0.3, 0.4) is 0 Å². The van der Waals surface area contributed by atoms with E-state index in [9.17, 15) is 4.79 Å². The molecule has 2 saturated heterocycles. The van der Waals surface area contributed by atoms with E-state index < -0.39 is 5.60 Å². The molecule has 5 heteroatoms. The van der Waals surface area contributed by atoms with Crippen molar-refractivity contribution in [3.05, 3.63) is 0 Å². The smallest absolute Gasteiger partial charge is 0.410 e. The van der Waals surface area contributed by atoms with E-state index in [2.05, 4.69) is 5.32 Å². The van der Waals surface area contributed by atoms with Gasteiger partial charge in [-0.15, -0.1) is 0 Å². The first kappa shape index (κ1) is 13.0. The molecule has 0 saturated carbocycles. The van der Waals surface area contributed by atoms with Crippen LogP contribution < -0.4 is 5.32 Å². The Morgan fingerprint density at radius 1 is 1.41 bits per heavy atom. The number of nitrogens with one attached hydrogen (secondary N) is 1. The number of hydrogen-bond acceptors (Lipinski definition) is 4. The molecule has 3 unspecified atom stereocenters. The number of fused-ring (bicyclic) bond motifs is 1. The summed E-state index contributed by atoms with van der Waals surface area (Å²) in [6, 6.07) is 0.773. The van der Waals surface area contributed by atoms with E-state index in [1.807, 2.05) is 44.5 Å². The Kier molecular flexibility index (Phi) is 3.59. The molecule has 0 aromatic rings. The summed E-state index contributed by atoms with van der Waals surface area (Å²) in [5, 5.41) is 3.32. The molecule has 0 bridgehead atoms. The third-order valence-electron chi connectivity index (χ3n) is 3.40. The van der Waals surface area contributed by atoms with Gasteiger partial charge in [-0.25, -0.2) is 4.79 Å². The second-order valence-electron chi connectivity index (χ2n) is 5.80. The molecule has 0 radical (unpaired) electrons. The van der Waals surface area contributed by atoms with Gasteiger partial charge in [-0.2, -0.15) is 11.8 Å². The van der Waals surface area contributed by atoms with Crippen LogP contribution in [0, 0.1) is 5.92 Å². The van der Waals surface area contributed by atoms with Crippen molar-refractivity contribution in [1.29, 1.82) is 0 Å². The Hall–Kier alpha value is -0.420. The molecule has 2 rings (SSSR count). The number of rotatable bonds is 1. The van der Waals surface area contributed by atoms with Crippen LogP contribution >= 0.6 is 11.8 Å². The zero-order valence-corrected chi connectivity index (χ0v) is 11.8. The van der Waals surface area contributed by atoms with Crippen LogP contribution in [0.15, 0.2) is 0 Å². The second kappa shape index (κ2) is 4.69. The first-order valence-electron chi connectivity index (χ1n) is 6.17. The number of ether oxygens (including phenoxy) is 1. The molecule has 98 valence electrons. The van der Waals surface area contributed by atoms with Crippen molar-refractivity contribution in [2.75, 3.05) is 25.1 Å². The number of thioether (sulfide) groups is 1. The van der Waals surface area contributed by atoms with Gasteiger partial charge in [-0.05, 0) is 33.6 Å². The summed E-state index contributed by atoms with van der Waals surface area (Å²) in [6.07, 6.45) is -0.159. The first-order chi connectivity index (χ1) is 7.92.